The van der Waals surface area contributed by atoms with E-state index in [9.17, 15) is 8.42 Å². The molecule has 2 saturated carbocycles. The molecule has 1 aromatic rings. The number of nitrogens with zero attached hydrogens (tertiary/aromatic N) is 1. The van der Waals surface area contributed by atoms with E-state index in [0.717, 1.165) is 25.7 Å². The minimum Gasteiger partial charge on any atom is -0.212 e. The minimum atomic E-state index is -3.38. The second kappa shape index (κ2) is 5.19. The lowest BCUT2D eigenvalue weighted by Gasteiger charge is -2.18. The molecule has 0 heterocycles. The summed E-state index contributed by atoms with van der Waals surface area (Å²) < 4.78 is 27.5. The number of nitriles is 1. The largest absolute Gasteiger partial charge is 0.216 e. The third kappa shape index (κ3) is 3.20. The monoisotopic (exact) mass is 290 g/mol. The predicted molar refractivity (Wildman–Crippen MR) is 76.2 cm³/mol. The van der Waals surface area contributed by atoms with E-state index in [1.54, 1.807) is 24.3 Å². The number of nitrogens with one attached hydrogen (secondary N) is 1. The van der Waals surface area contributed by atoms with Crippen LogP contribution in [0.5, 0.6) is 0 Å². The first-order valence-electron chi connectivity index (χ1n) is 7.07. The topological polar surface area (TPSA) is 70.0 Å². The van der Waals surface area contributed by atoms with E-state index in [2.05, 4.69) is 4.72 Å². The standard InChI is InChI=1S/C15H18N2O2S/c16-9-13-3-1-2-4-14(13)10-20(18,19)17-15(11-5-6-11)12-7-8-12/h1-4,11-12,15,17H,5-8,10H2. The van der Waals surface area contributed by atoms with Crippen LogP contribution in [0.25, 0.3) is 0 Å². The van der Waals surface area contributed by atoms with Crippen molar-refractivity contribution in [2.24, 2.45) is 11.8 Å². The first kappa shape index (κ1) is 13.6. The van der Waals surface area contributed by atoms with Crippen molar-refractivity contribution in [1.82, 2.24) is 4.72 Å². The molecule has 2 aliphatic rings. The average molecular weight is 290 g/mol. The molecule has 1 N–H and O–H groups in total. The summed E-state index contributed by atoms with van der Waals surface area (Å²) in [6, 6.07) is 9.05. The Morgan fingerprint density at radius 1 is 1.20 bits per heavy atom. The van der Waals surface area contributed by atoms with Gasteiger partial charge in [-0.1, -0.05) is 18.2 Å². The fourth-order valence-electron chi connectivity index (χ4n) is 2.70. The van der Waals surface area contributed by atoms with E-state index in [-0.39, 0.29) is 11.8 Å². The Kier molecular flexibility index (Phi) is 3.53. The Morgan fingerprint density at radius 2 is 1.80 bits per heavy atom. The average Bonchev–Trinajstić information content (AvgIpc) is 3.29. The molecule has 4 nitrogen and oxygen atoms in total. The van der Waals surface area contributed by atoms with Crippen molar-refractivity contribution in [2.45, 2.75) is 37.5 Å². The minimum absolute atomic E-state index is 0.104. The highest BCUT2D eigenvalue weighted by molar-refractivity contribution is 7.88. The Labute approximate surface area is 119 Å². The van der Waals surface area contributed by atoms with Crippen LogP contribution in [0.1, 0.15) is 36.8 Å². The number of rotatable bonds is 6. The van der Waals surface area contributed by atoms with Crippen LogP contribution in [-0.2, 0) is 15.8 Å². The third-order valence-electron chi connectivity index (χ3n) is 4.06. The zero-order valence-electron chi connectivity index (χ0n) is 11.2. The van der Waals surface area contributed by atoms with E-state index in [1.807, 2.05) is 6.07 Å². The molecule has 0 aromatic heterocycles. The lowest BCUT2D eigenvalue weighted by Crippen LogP contribution is -2.38. The van der Waals surface area contributed by atoms with Gasteiger partial charge in [0.25, 0.3) is 0 Å². The Morgan fingerprint density at radius 3 is 2.35 bits per heavy atom. The van der Waals surface area contributed by atoms with Crippen molar-refractivity contribution in [3.05, 3.63) is 35.4 Å². The lowest BCUT2D eigenvalue weighted by atomic mass is 10.1. The van der Waals surface area contributed by atoms with Crippen molar-refractivity contribution in [2.75, 3.05) is 0 Å². The van der Waals surface area contributed by atoms with Crippen LogP contribution in [0.2, 0.25) is 0 Å². The summed E-state index contributed by atoms with van der Waals surface area (Å²) in [6.07, 6.45) is 4.55. The highest BCUT2D eigenvalue weighted by Gasteiger charge is 2.43. The van der Waals surface area contributed by atoms with Crippen molar-refractivity contribution >= 4 is 10.0 Å². The summed E-state index contributed by atoms with van der Waals surface area (Å²) in [5.74, 6) is 0.958. The quantitative estimate of drug-likeness (QED) is 0.873. The number of hydrogen-bond donors (Lipinski definition) is 1. The molecule has 0 amide bonds. The van der Waals surface area contributed by atoms with Crippen LogP contribution < -0.4 is 4.72 Å². The van der Waals surface area contributed by atoms with Gasteiger partial charge >= 0.3 is 0 Å². The van der Waals surface area contributed by atoms with Gasteiger partial charge in [0.15, 0.2) is 0 Å². The van der Waals surface area contributed by atoms with Crippen LogP contribution in [0, 0.1) is 23.2 Å². The van der Waals surface area contributed by atoms with Crippen molar-refractivity contribution in [3.63, 3.8) is 0 Å². The fourth-order valence-corrected chi connectivity index (χ4v) is 4.24. The highest BCUT2D eigenvalue weighted by atomic mass is 32.2. The molecule has 2 aliphatic carbocycles. The van der Waals surface area contributed by atoms with E-state index in [4.69, 9.17) is 5.26 Å². The van der Waals surface area contributed by atoms with Gasteiger partial charge < -0.3 is 0 Å². The molecule has 20 heavy (non-hydrogen) atoms. The van der Waals surface area contributed by atoms with Gasteiger partial charge in [-0.25, -0.2) is 13.1 Å². The maximum absolute atomic E-state index is 12.3. The molecule has 0 atom stereocenters. The maximum Gasteiger partial charge on any atom is 0.216 e. The van der Waals surface area contributed by atoms with Gasteiger partial charge in [0.1, 0.15) is 0 Å². The molecule has 106 valence electrons. The van der Waals surface area contributed by atoms with Crippen LogP contribution in [0.3, 0.4) is 0 Å². The first-order valence-corrected chi connectivity index (χ1v) is 8.72. The van der Waals surface area contributed by atoms with Crippen LogP contribution in [0.4, 0.5) is 0 Å². The second-order valence-electron chi connectivity index (χ2n) is 5.85. The van der Waals surface area contributed by atoms with E-state index >= 15 is 0 Å². The molecule has 0 aliphatic heterocycles. The SMILES string of the molecule is N#Cc1ccccc1CS(=O)(=O)NC(C1CC1)C1CC1. The van der Waals surface area contributed by atoms with E-state index in [0.29, 0.717) is 23.0 Å². The molecule has 1 aromatic carbocycles. The maximum atomic E-state index is 12.3. The first-order chi connectivity index (χ1) is 9.59. The molecule has 3 rings (SSSR count). The van der Waals surface area contributed by atoms with Gasteiger partial charge in [0.2, 0.25) is 10.0 Å². The van der Waals surface area contributed by atoms with Gasteiger partial charge in [-0.15, -0.1) is 0 Å². The Bertz CT molecular complexity index is 628. The number of hydrogen-bond acceptors (Lipinski definition) is 3. The zero-order valence-corrected chi connectivity index (χ0v) is 12.1. The Balaban J connectivity index is 1.73. The van der Waals surface area contributed by atoms with Crippen LogP contribution in [0.15, 0.2) is 24.3 Å². The van der Waals surface area contributed by atoms with E-state index in [1.165, 1.54) is 0 Å². The summed E-state index contributed by atoms with van der Waals surface area (Å²) >= 11 is 0. The third-order valence-corrected chi connectivity index (χ3v) is 5.38. The fraction of sp³-hybridized carbons (Fsp3) is 0.533. The molecule has 0 saturated heterocycles. The van der Waals surface area contributed by atoms with Crippen molar-refractivity contribution < 1.29 is 8.42 Å². The number of sulfonamides is 1. The second-order valence-corrected chi connectivity index (χ2v) is 7.60. The normalized spacial score (nSPS) is 19.0. The number of benzene rings is 1. The smallest absolute Gasteiger partial charge is 0.212 e. The van der Waals surface area contributed by atoms with Gasteiger partial charge in [-0.05, 0) is 49.1 Å². The van der Waals surface area contributed by atoms with Crippen molar-refractivity contribution in [1.29, 1.82) is 5.26 Å². The lowest BCUT2D eigenvalue weighted by molar-refractivity contribution is 0.471. The van der Waals surface area contributed by atoms with Crippen LogP contribution >= 0.6 is 0 Å². The summed E-state index contributed by atoms with van der Waals surface area (Å²) in [6.45, 7) is 0. The molecular weight excluding hydrogens is 272 g/mol. The van der Waals surface area contributed by atoms with Crippen LogP contribution in [-0.4, -0.2) is 14.5 Å². The highest BCUT2D eigenvalue weighted by Crippen LogP contribution is 2.44. The summed E-state index contributed by atoms with van der Waals surface area (Å²) in [5.41, 5.74) is 1.01. The summed E-state index contributed by atoms with van der Waals surface area (Å²) in [4.78, 5) is 0. The summed E-state index contributed by atoms with van der Waals surface area (Å²) in [5, 5.41) is 9.03. The van der Waals surface area contributed by atoms with Crippen molar-refractivity contribution in [3.8, 4) is 6.07 Å². The van der Waals surface area contributed by atoms with Gasteiger partial charge in [0.05, 0.1) is 17.4 Å². The predicted octanol–water partition coefficient (Wildman–Crippen LogP) is 2.17. The molecule has 0 unspecified atom stereocenters. The molecule has 0 spiro atoms. The molecule has 2 fully saturated rings. The zero-order chi connectivity index (χ0) is 14.2. The van der Waals surface area contributed by atoms with Gasteiger partial charge in [0, 0.05) is 6.04 Å². The Hall–Kier alpha value is -1.38. The molecular formula is C15H18N2O2S. The molecule has 5 heteroatoms. The van der Waals surface area contributed by atoms with E-state index < -0.39 is 10.0 Å². The van der Waals surface area contributed by atoms with Gasteiger partial charge in [-0.2, -0.15) is 5.26 Å². The summed E-state index contributed by atoms with van der Waals surface area (Å²) in [7, 11) is -3.38. The molecule has 0 radical (unpaired) electrons. The molecule has 0 bridgehead atoms. The van der Waals surface area contributed by atoms with Gasteiger partial charge in [-0.3, -0.25) is 0 Å².